The van der Waals surface area contributed by atoms with Gasteiger partial charge in [-0.2, -0.15) is 0 Å². The van der Waals surface area contributed by atoms with Crippen LogP contribution in [0, 0.1) is 0 Å². The largest absolute Gasteiger partial charge is 0.463 e. The van der Waals surface area contributed by atoms with Gasteiger partial charge in [0.05, 0.1) is 11.2 Å². The van der Waals surface area contributed by atoms with E-state index in [0.29, 0.717) is 0 Å². The zero-order valence-corrected chi connectivity index (χ0v) is 12.2. The quantitative estimate of drug-likeness (QED) is 0.848. The van der Waals surface area contributed by atoms with E-state index in [0.717, 1.165) is 6.42 Å². The standard InChI is InChI=1S/C15H23BO3/c1-14(2)15(3,4)19-16(18-14)13(11-17)10-12-8-6-5-7-9-12/h5-9,13,17H,10-11H2,1-4H3. The molecule has 0 aliphatic carbocycles. The van der Waals surface area contributed by atoms with Gasteiger partial charge >= 0.3 is 7.12 Å². The third-order valence-electron chi connectivity index (χ3n) is 4.23. The van der Waals surface area contributed by atoms with Crippen LogP contribution in [0.25, 0.3) is 0 Å². The van der Waals surface area contributed by atoms with E-state index >= 15 is 0 Å². The minimum Gasteiger partial charge on any atom is -0.403 e. The average Bonchev–Trinajstić information content (AvgIpc) is 2.56. The summed E-state index contributed by atoms with van der Waals surface area (Å²) in [6.07, 6.45) is 0.758. The lowest BCUT2D eigenvalue weighted by atomic mass is 9.69. The number of benzene rings is 1. The predicted molar refractivity (Wildman–Crippen MR) is 77.1 cm³/mol. The number of hydrogen-bond donors (Lipinski definition) is 1. The van der Waals surface area contributed by atoms with Gasteiger partial charge < -0.3 is 14.4 Å². The topological polar surface area (TPSA) is 38.7 Å². The van der Waals surface area contributed by atoms with Crippen molar-refractivity contribution in [2.24, 2.45) is 0 Å². The minimum atomic E-state index is -0.352. The lowest BCUT2D eigenvalue weighted by Crippen LogP contribution is -2.41. The zero-order valence-electron chi connectivity index (χ0n) is 12.2. The highest BCUT2D eigenvalue weighted by molar-refractivity contribution is 6.47. The van der Waals surface area contributed by atoms with Crippen molar-refractivity contribution in [1.82, 2.24) is 0 Å². The Morgan fingerprint density at radius 3 is 2.05 bits per heavy atom. The Kier molecular flexibility index (Phi) is 4.04. The molecule has 1 atom stereocenters. The Bertz CT molecular complexity index is 401. The maximum Gasteiger partial charge on any atom is 0.463 e. The molecule has 1 N–H and O–H groups in total. The lowest BCUT2D eigenvalue weighted by molar-refractivity contribution is 0.00578. The van der Waals surface area contributed by atoms with Crippen LogP contribution < -0.4 is 0 Å². The zero-order chi connectivity index (χ0) is 14.1. The molecular weight excluding hydrogens is 239 g/mol. The molecule has 1 saturated heterocycles. The molecule has 0 aromatic heterocycles. The highest BCUT2D eigenvalue weighted by Gasteiger charge is 2.53. The normalized spacial score (nSPS) is 22.5. The van der Waals surface area contributed by atoms with Crippen LogP contribution in [0.5, 0.6) is 0 Å². The second kappa shape index (κ2) is 5.27. The smallest absolute Gasteiger partial charge is 0.403 e. The fourth-order valence-corrected chi connectivity index (χ4v) is 2.24. The Hall–Kier alpha value is -0.835. The Morgan fingerprint density at radius 2 is 1.58 bits per heavy atom. The first-order valence-corrected chi connectivity index (χ1v) is 6.86. The minimum absolute atomic E-state index is 0.0385. The van der Waals surface area contributed by atoms with Crippen LogP contribution >= 0.6 is 0 Å². The third-order valence-corrected chi connectivity index (χ3v) is 4.23. The van der Waals surface area contributed by atoms with Crippen molar-refractivity contribution in [3.05, 3.63) is 35.9 Å². The van der Waals surface area contributed by atoms with E-state index in [4.69, 9.17) is 9.31 Å². The van der Waals surface area contributed by atoms with Gasteiger partial charge in [-0.15, -0.1) is 0 Å². The van der Waals surface area contributed by atoms with Crippen molar-refractivity contribution in [1.29, 1.82) is 0 Å². The molecule has 0 spiro atoms. The molecule has 19 heavy (non-hydrogen) atoms. The van der Waals surface area contributed by atoms with Gasteiger partial charge in [0.1, 0.15) is 0 Å². The van der Waals surface area contributed by atoms with Gasteiger partial charge in [-0.3, -0.25) is 0 Å². The van der Waals surface area contributed by atoms with E-state index in [1.807, 2.05) is 45.9 Å². The summed E-state index contributed by atoms with van der Waals surface area (Å²) < 4.78 is 12.0. The SMILES string of the molecule is CC1(C)OB(C(CO)Cc2ccccc2)OC1(C)C. The summed E-state index contributed by atoms with van der Waals surface area (Å²) in [5.41, 5.74) is 0.500. The summed E-state index contributed by atoms with van der Waals surface area (Å²) in [6.45, 7) is 8.19. The Balaban J connectivity index is 2.08. The molecule has 1 aliphatic heterocycles. The third kappa shape index (κ3) is 3.02. The first-order valence-electron chi connectivity index (χ1n) is 6.86. The van der Waals surface area contributed by atoms with Gasteiger partial charge in [0.25, 0.3) is 0 Å². The molecule has 1 aromatic carbocycles. The molecule has 0 saturated carbocycles. The van der Waals surface area contributed by atoms with E-state index in [2.05, 4.69) is 12.1 Å². The molecule has 3 nitrogen and oxygen atoms in total. The van der Waals surface area contributed by atoms with E-state index in [-0.39, 0.29) is 30.7 Å². The highest BCUT2D eigenvalue weighted by atomic mass is 16.7. The predicted octanol–water partition coefficient (Wildman–Crippen LogP) is 2.68. The molecule has 1 heterocycles. The molecule has 1 fully saturated rings. The molecule has 1 aromatic rings. The molecule has 0 amide bonds. The molecule has 2 rings (SSSR count). The van der Waals surface area contributed by atoms with Crippen molar-refractivity contribution in [2.45, 2.75) is 51.1 Å². The van der Waals surface area contributed by atoms with Crippen molar-refractivity contribution < 1.29 is 14.4 Å². The Morgan fingerprint density at radius 1 is 1.05 bits per heavy atom. The van der Waals surface area contributed by atoms with Crippen LogP contribution in [0.15, 0.2) is 30.3 Å². The summed E-state index contributed by atoms with van der Waals surface area (Å²) in [6, 6.07) is 10.1. The number of aliphatic hydroxyl groups excluding tert-OH is 1. The average molecular weight is 262 g/mol. The van der Waals surface area contributed by atoms with Crippen molar-refractivity contribution in [3.8, 4) is 0 Å². The van der Waals surface area contributed by atoms with E-state index < -0.39 is 0 Å². The number of aliphatic hydroxyl groups is 1. The van der Waals surface area contributed by atoms with E-state index in [1.54, 1.807) is 0 Å². The van der Waals surface area contributed by atoms with Gasteiger partial charge in [-0.1, -0.05) is 30.3 Å². The number of rotatable bonds is 4. The molecule has 0 radical (unpaired) electrons. The summed E-state index contributed by atoms with van der Waals surface area (Å²) in [4.78, 5) is 0. The van der Waals surface area contributed by atoms with Gasteiger partial charge in [0.2, 0.25) is 0 Å². The fraction of sp³-hybridized carbons (Fsp3) is 0.600. The van der Waals surface area contributed by atoms with E-state index in [1.165, 1.54) is 5.56 Å². The van der Waals surface area contributed by atoms with Crippen LogP contribution in [-0.4, -0.2) is 30.0 Å². The van der Waals surface area contributed by atoms with Crippen LogP contribution in [0.2, 0.25) is 5.82 Å². The molecular formula is C15H23BO3. The second-order valence-electron chi connectivity index (χ2n) is 6.26. The van der Waals surface area contributed by atoms with Crippen LogP contribution in [0.1, 0.15) is 33.3 Å². The van der Waals surface area contributed by atoms with Gasteiger partial charge in [0.15, 0.2) is 0 Å². The monoisotopic (exact) mass is 262 g/mol. The van der Waals surface area contributed by atoms with Gasteiger partial charge in [-0.05, 0) is 39.7 Å². The van der Waals surface area contributed by atoms with Gasteiger partial charge in [-0.25, -0.2) is 0 Å². The maximum atomic E-state index is 9.63. The summed E-state index contributed by atoms with van der Waals surface area (Å²) >= 11 is 0. The summed E-state index contributed by atoms with van der Waals surface area (Å²) in [5.74, 6) is -0.0385. The molecule has 104 valence electrons. The first kappa shape index (κ1) is 14.6. The van der Waals surface area contributed by atoms with Gasteiger partial charge in [0, 0.05) is 12.4 Å². The van der Waals surface area contributed by atoms with E-state index in [9.17, 15) is 5.11 Å². The molecule has 4 heteroatoms. The maximum absolute atomic E-state index is 9.63. The lowest BCUT2D eigenvalue weighted by Gasteiger charge is -2.32. The van der Waals surface area contributed by atoms with Crippen molar-refractivity contribution in [3.63, 3.8) is 0 Å². The fourth-order valence-electron chi connectivity index (χ4n) is 2.24. The summed E-state index contributed by atoms with van der Waals surface area (Å²) in [5, 5.41) is 9.63. The van der Waals surface area contributed by atoms with Crippen LogP contribution in [0.3, 0.4) is 0 Å². The molecule has 1 unspecified atom stereocenters. The van der Waals surface area contributed by atoms with Crippen LogP contribution in [0.4, 0.5) is 0 Å². The molecule has 1 aliphatic rings. The summed E-state index contributed by atoms with van der Waals surface area (Å²) in [7, 11) is -0.352. The highest BCUT2D eigenvalue weighted by Crippen LogP contribution is 2.40. The number of hydrogen-bond acceptors (Lipinski definition) is 3. The van der Waals surface area contributed by atoms with Crippen LogP contribution in [-0.2, 0) is 15.7 Å². The van der Waals surface area contributed by atoms with Crippen molar-refractivity contribution >= 4 is 7.12 Å². The molecule has 0 bridgehead atoms. The van der Waals surface area contributed by atoms with Crippen molar-refractivity contribution in [2.75, 3.05) is 6.61 Å². The second-order valence-corrected chi connectivity index (χ2v) is 6.26. The Labute approximate surface area is 116 Å². The first-order chi connectivity index (χ1) is 8.86.